The summed E-state index contributed by atoms with van der Waals surface area (Å²) in [5.74, 6) is 0.304. The Kier molecular flexibility index (Phi) is 14.4. The van der Waals surface area contributed by atoms with Gasteiger partial charge in [0.15, 0.2) is 23.0 Å². The Hall–Kier alpha value is -7.63. The average Bonchev–Trinajstić information content (AvgIpc) is 4.13. The number of fused-ring (bicyclic) bond motifs is 2. The van der Waals surface area contributed by atoms with Crippen LogP contribution in [0.1, 0.15) is 89.9 Å². The van der Waals surface area contributed by atoms with Crippen molar-refractivity contribution in [1.82, 2.24) is 44.2 Å². The summed E-state index contributed by atoms with van der Waals surface area (Å²) in [5, 5.41) is 13.4. The monoisotopic (exact) mass is 958 g/mol. The highest BCUT2D eigenvalue weighted by molar-refractivity contribution is 7.10. The van der Waals surface area contributed by atoms with Crippen molar-refractivity contribution in [2.45, 2.75) is 64.7 Å². The zero-order chi connectivity index (χ0) is 47.9. The van der Waals surface area contributed by atoms with Gasteiger partial charge in [0.05, 0.1) is 30.3 Å². The number of rotatable bonds is 9. The molecule has 0 spiro atoms. The lowest BCUT2D eigenvalue weighted by molar-refractivity contribution is 0.0816. The van der Waals surface area contributed by atoms with Crippen LogP contribution in [0.2, 0.25) is 0 Å². The van der Waals surface area contributed by atoms with Crippen LogP contribution in [0.3, 0.4) is 0 Å². The zero-order valence-corrected chi connectivity index (χ0v) is 38.9. The standard InChI is InChI=1S/C23H24N8O3S.C14H19N7OS.C8H7NO/c1-13-9-18(35-29-13)28-21-19(20(24)32)25-10-17(27-21)30-8-4-6-15(12-30)26-23(34)31-11-14-5-2-3-7-16(14)22(31)33;1-8-5-11(23-20-8)19-14-12(13(16)22)17-6-10(18-14)21-4-2-3-9(15)7-21;10-8-7-4-2-1-3-6(7)5-9-8/h2-3,5,7,9-10,15H,4,6,8,11-12H2,1H3,(H2,24,32)(H,26,34)(H,27,28);5-6,9H,2-4,7,15H2,1H3,(H2,16,22)(H,18,19);1-4H,5H2,(H,9,10)/t15-;9-;/m11./s1. The molecule has 4 aliphatic rings. The average molecular weight is 959 g/mol. The van der Waals surface area contributed by atoms with Crippen molar-refractivity contribution in [3.8, 4) is 0 Å². The lowest BCUT2D eigenvalue weighted by Crippen LogP contribution is -2.52. The van der Waals surface area contributed by atoms with E-state index in [1.165, 1.54) is 34.2 Å². The molecular formula is C45H50N16O5S2. The molecule has 0 bridgehead atoms. The van der Waals surface area contributed by atoms with Crippen LogP contribution in [0.5, 0.6) is 0 Å². The Bertz CT molecular complexity index is 2850. The van der Waals surface area contributed by atoms with E-state index in [2.05, 4.69) is 54.9 Å². The van der Waals surface area contributed by atoms with Crippen LogP contribution < -0.4 is 48.3 Å². The first-order chi connectivity index (χ1) is 32.8. The number of nitrogens with two attached hydrogens (primary N) is 3. The highest BCUT2D eigenvalue weighted by atomic mass is 32.1. The number of carbonyl (C=O) groups is 5. The number of amides is 6. The third-order valence-corrected chi connectivity index (χ3v) is 12.9. The zero-order valence-electron chi connectivity index (χ0n) is 37.3. The predicted molar refractivity (Wildman–Crippen MR) is 258 cm³/mol. The second-order valence-corrected chi connectivity index (χ2v) is 18.1. The van der Waals surface area contributed by atoms with Crippen molar-refractivity contribution in [3.63, 3.8) is 0 Å². The van der Waals surface area contributed by atoms with Gasteiger partial charge in [-0.1, -0.05) is 36.4 Å². The number of hydrogen-bond donors (Lipinski definition) is 7. The molecule has 2 atom stereocenters. The molecule has 0 saturated carbocycles. The maximum atomic E-state index is 12.9. The van der Waals surface area contributed by atoms with E-state index in [0.29, 0.717) is 42.7 Å². The summed E-state index contributed by atoms with van der Waals surface area (Å²) in [5.41, 5.74) is 22.1. The van der Waals surface area contributed by atoms with Gasteiger partial charge in [0.25, 0.3) is 23.6 Å². The molecular weight excluding hydrogens is 909 g/mol. The quantitative estimate of drug-likeness (QED) is 0.106. The number of imide groups is 1. The van der Waals surface area contributed by atoms with Gasteiger partial charge in [0, 0.05) is 55.9 Å². The van der Waals surface area contributed by atoms with Crippen molar-refractivity contribution >= 4 is 86.0 Å². The van der Waals surface area contributed by atoms with E-state index in [-0.39, 0.29) is 47.6 Å². The maximum Gasteiger partial charge on any atom is 0.324 e. The molecule has 2 fully saturated rings. The highest BCUT2D eigenvalue weighted by Gasteiger charge is 2.34. The largest absolute Gasteiger partial charge is 0.364 e. The SMILES string of the molecule is Cc1cc(Nc2nc(N3CCC[C@@H](N)C3)cnc2C(N)=O)sn1.Cc1cc(Nc2nc(N3CCC[C@@H](NC(=O)N4Cc5ccccc5C4=O)C3)cnc2C(N)=O)sn1.O=C1NCc2ccccc21. The van der Waals surface area contributed by atoms with Crippen molar-refractivity contribution in [2.24, 2.45) is 17.2 Å². The van der Waals surface area contributed by atoms with E-state index < -0.39 is 17.8 Å². The number of nitrogens with zero attached hydrogens (tertiary/aromatic N) is 9. The number of nitrogens with one attached hydrogen (secondary N) is 4. The number of anilines is 6. The van der Waals surface area contributed by atoms with Crippen LogP contribution in [0.4, 0.5) is 38.1 Å². The second-order valence-electron chi connectivity index (χ2n) is 16.5. The Balaban J connectivity index is 0.000000161. The van der Waals surface area contributed by atoms with Gasteiger partial charge in [0.1, 0.15) is 21.6 Å². The smallest absolute Gasteiger partial charge is 0.324 e. The fourth-order valence-electron chi connectivity index (χ4n) is 8.04. The van der Waals surface area contributed by atoms with Crippen molar-refractivity contribution in [3.05, 3.63) is 118 Å². The predicted octanol–water partition coefficient (Wildman–Crippen LogP) is 4.36. The molecule has 2 aromatic carbocycles. The molecule has 8 heterocycles. The Labute approximate surface area is 399 Å². The van der Waals surface area contributed by atoms with Crippen molar-refractivity contribution in [1.29, 1.82) is 0 Å². The number of aromatic nitrogens is 6. The fourth-order valence-corrected chi connectivity index (χ4v) is 9.36. The third-order valence-electron chi connectivity index (χ3n) is 11.3. The van der Waals surface area contributed by atoms with E-state index in [9.17, 15) is 24.0 Å². The molecule has 6 amide bonds. The molecule has 352 valence electrons. The molecule has 68 heavy (non-hydrogen) atoms. The van der Waals surface area contributed by atoms with E-state index in [1.807, 2.05) is 67.3 Å². The minimum absolute atomic E-state index is 0.0359. The van der Waals surface area contributed by atoms with Crippen LogP contribution in [0, 0.1) is 13.8 Å². The van der Waals surface area contributed by atoms with E-state index in [1.54, 1.807) is 18.3 Å². The number of benzene rings is 2. The van der Waals surface area contributed by atoms with Gasteiger partial charge < -0.3 is 48.3 Å². The van der Waals surface area contributed by atoms with Gasteiger partial charge in [0.2, 0.25) is 0 Å². The molecule has 2 saturated heterocycles. The van der Waals surface area contributed by atoms with Gasteiger partial charge in [-0.05, 0) is 98.0 Å². The van der Waals surface area contributed by atoms with Crippen LogP contribution in [0.25, 0.3) is 0 Å². The molecule has 4 aromatic heterocycles. The summed E-state index contributed by atoms with van der Waals surface area (Å²) in [6, 6.07) is 18.1. The molecule has 0 unspecified atom stereocenters. The fraction of sp³-hybridized carbons (Fsp3) is 0.311. The Morgan fingerprint density at radius 1 is 0.735 bits per heavy atom. The van der Waals surface area contributed by atoms with Gasteiger partial charge in [-0.15, -0.1) is 0 Å². The number of primary amides is 2. The normalized spacial score (nSPS) is 17.1. The van der Waals surface area contributed by atoms with Crippen LogP contribution in [0.15, 0.2) is 73.1 Å². The summed E-state index contributed by atoms with van der Waals surface area (Å²) in [4.78, 5) is 82.8. The molecule has 0 aliphatic carbocycles. The number of carbonyl (C=O) groups excluding carboxylic acids is 5. The van der Waals surface area contributed by atoms with Crippen LogP contribution >= 0.6 is 23.1 Å². The van der Waals surface area contributed by atoms with Gasteiger partial charge in [-0.3, -0.25) is 24.1 Å². The summed E-state index contributed by atoms with van der Waals surface area (Å²) in [6.45, 7) is 7.53. The summed E-state index contributed by atoms with van der Waals surface area (Å²) < 4.78 is 8.42. The lowest BCUT2D eigenvalue weighted by atomic mass is 10.1. The Morgan fingerprint density at radius 3 is 1.81 bits per heavy atom. The van der Waals surface area contributed by atoms with Crippen LogP contribution in [-0.2, 0) is 13.1 Å². The molecule has 10 rings (SSSR count). The van der Waals surface area contributed by atoms with Crippen molar-refractivity contribution < 1.29 is 24.0 Å². The first kappa shape index (κ1) is 46.9. The molecule has 21 nitrogen and oxygen atoms in total. The van der Waals surface area contributed by atoms with Gasteiger partial charge >= 0.3 is 6.03 Å². The minimum Gasteiger partial charge on any atom is -0.364 e. The molecule has 10 N–H and O–H groups in total. The van der Waals surface area contributed by atoms with Crippen LogP contribution in [-0.4, -0.2) is 102 Å². The number of aryl methyl sites for hydroxylation is 2. The number of hydrogen-bond acceptors (Lipinski definition) is 18. The second kappa shape index (κ2) is 20.9. The van der Waals surface area contributed by atoms with E-state index in [0.717, 1.165) is 76.9 Å². The van der Waals surface area contributed by atoms with E-state index in [4.69, 9.17) is 17.2 Å². The van der Waals surface area contributed by atoms with Gasteiger partial charge in [-0.25, -0.2) is 24.7 Å². The minimum atomic E-state index is -0.687. The topological polar surface area (TPSA) is 299 Å². The van der Waals surface area contributed by atoms with E-state index >= 15 is 0 Å². The summed E-state index contributed by atoms with van der Waals surface area (Å²) in [6.07, 6.45) is 6.69. The van der Waals surface area contributed by atoms with Crippen molar-refractivity contribution in [2.75, 3.05) is 46.6 Å². The molecule has 0 radical (unpaired) electrons. The maximum absolute atomic E-state index is 12.9. The first-order valence-corrected chi connectivity index (χ1v) is 23.4. The number of piperidine rings is 2. The third kappa shape index (κ3) is 11.1. The molecule has 23 heteroatoms. The lowest BCUT2D eigenvalue weighted by Gasteiger charge is -2.34. The first-order valence-electron chi connectivity index (χ1n) is 21.9. The number of urea groups is 1. The molecule has 4 aliphatic heterocycles. The summed E-state index contributed by atoms with van der Waals surface area (Å²) >= 11 is 2.54. The molecule has 6 aromatic rings. The summed E-state index contributed by atoms with van der Waals surface area (Å²) in [7, 11) is 0. The Morgan fingerprint density at radius 2 is 1.28 bits per heavy atom. The van der Waals surface area contributed by atoms with Gasteiger partial charge in [-0.2, -0.15) is 8.75 Å². The highest BCUT2D eigenvalue weighted by Crippen LogP contribution is 2.28.